The van der Waals surface area contributed by atoms with E-state index in [1.54, 1.807) is 6.92 Å². The van der Waals surface area contributed by atoms with E-state index in [2.05, 4.69) is 48.5 Å². The number of aryl methyl sites for hydroxylation is 1. The molecule has 1 aromatic heterocycles. The van der Waals surface area contributed by atoms with Crippen molar-refractivity contribution >= 4 is 11.7 Å². The predicted molar refractivity (Wildman–Crippen MR) is 120 cm³/mol. The topological polar surface area (TPSA) is 61.4 Å². The number of carbonyl (C=O) groups is 1. The standard InChI is InChI=1S/C24H33N5O/c1-17-6-4-7-19(14-17)9-11-25-24-21-10-13-29(18(2)30)16-22(21)26-23(27-24)20-8-5-12-28(3)15-20/h4,6-7,14,20H,5,8-13,15-16H2,1-3H3,(H,25,26,27)/t20-/m0/s1. The number of anilines is 1. The summed E-state index contributed by atoms with van der Waals surface area (Å²) in [5.74, 6) is 2.38. The highest BCUT2D eigenvalue weighted by molar-refractivity contribution is 5.73. The van der Waals surface area contributed by atoms with Gasteiger partial charge in [-0.1, -0.05) is 29.8 Å². The summed E-state index contributed by atoms with van der Waals surface area (Å²) in [5, 5.41) is 3.61. The number of likely N-dealkylation sites (N-methyl/N-ethyl adjacent to an activating group) is 1. The lowest BCUT2D eigenvalue weighted by Gasteiger charge is -2.32. The average Bonchev–Trinajstić information content (AvgIpc) is 2.73. The number of amides is 1. The van der Waals surface area contributed by atoms with Gasteiger partial charge in [-0.05, 0) is 51.8 Å². The molecule has 1 aromatic carbocycles. The van der Waals surface area contributed by atoms with Crippen molar-refractivity contribution in [1.82, 2.24) is 19.8 Å². The highest BCUT2D eigenvalue weighted by Gasteiger charge is 2.27. The second-order valence-corrected chi connectivity index (χ2v) is 8.81. The predicted octanol–water partition coefficient (Wildman–Crippen LogP) is 3.15. The molecular formula is C24H33N5O. The Balaban J connectivity index is 1.56. The van der Waals surface area contributed by atoms with Gasteiger partial charge in [0, 0.05) is 38.0 Å². The highest BCUT2D eigenvalue weighted by Crippen LogP contribution is 2.29. The van der Waals surface area contributed by atoms with Gasteiger partial charge in [0.2, 0.25) is 5.91 Å². The first-order chi connectivity index (χ1) is 14.5. The third-order valence-corrected chi connectivity index (χ3v) is 6.31. The number of benzene rings is 1. The van der Waals surface area contributed by atoms with Gasteiger partial charge in [-0.3, -0.25) is 4.79 Å². The number of rotatable bonds is 5. The molecule has 0 radical (unpaired) electrons. The van der Waals surface area contributed by atoms with Crippen LogP contribution in [0.4, 0.5) is 5.82 Å². The van der Waals surface area contributed by atoms with E-state index in [4.69, 9.17) is 9.97 Å². The fourth-order valence-corrected chi connectivity index (χ4v) is 4.62. The molecule has 1 fully saturated rings. The Morgan fingerprint density at radius 2 is 2.13 bits per heavy atom. The number of fused-ring (bicyclic) bond motifs is 1. The molecule has 0 saturated carbocycles. The summed E-state index contributed by atoms with van der Waals surface area (Å²) in [4.78, 5) is 26.2. The number of nitrogens with one attached hydrogen (secondary N) is 1. The zero-order chi connectivity index (χ0) is 21.1. The Kier molecular flexibility index (Phi) is 6.32. The summed E-state index contributed by atoms with van der Waals surface area (Å²) < 4.78 is 0. The maximum absolute atomic E-state index is 11.9. The summed E-state index contributed by atoms with van der Waals surface area (Å²) >= 11 is 0. The van der Waals surface area contributed by atoms with Gasteiger partial charge < -0.3 is 15.1 Å². The van der Waals surface area contributed by atoms with Crippen molar-refractivity contribution in [3.8, 4) is 0 Å². The molecule has 3 heterocycles. The van der Waals surface area contributed by atoms with Crippen molar-refractivity contribution in [2.75, 3.05) is 38.5 Å². The SMILES string of the molecule is CC(=O)N1CCc2c(nc([C@H]3CCCN(C)C3)nc2NCCc2cccc(C)c2)C1. The molecule has 1 saturated heterocycles. The minimum absolute atomic E-state index is 0.118. The van der Waals surface area contributed by atoms with Crippen LogP contribution in [0.1, 0.15) is 53.9 Å². The Morgan fingerprint density at radius 1 is 1.27 bits per heavy atom. The van der Waals surface area contributed by atoms with Crippen molar-refractivity contribution < 1.29 is 4.79 Å². The van der Waals surface area contributed by atoms with Crippen LogP contribution in [0.15, 0.2) is 24.3 Å². The van der Waals surface area contributed by atoms with E-state index < -0.39 is 0 Å². The second kappa shape index (κ2) is 9.13. The smallest absolute Gasteiger partial charge is 0.219 e. The summed E-state index contributed by atoms with van der Waals surface area (Å²) in [6.45, 7) is 8.08. The molecule has 2 aliphatic heterocycles. The zero-order valence-corrected chi connectivity index (χ0v) is 18.4. The number of hydrogen-bond acceptors (Lipinski definition) is 5. The van der Waals surface area contributed by atoms with Gasteiger partial charge in [0.25, 0.3) is 0 Å². The van der Waals surface area contributed by atoms with Gasteiger partial charge in [-0.2, -0.15) is 0 Å². The fourth-order valence-electron chi connectivity index (χ4n) is 4.62. The first kappa shape index (κ1) is 20.8. The lowest BCUT2D eigenvalue weighted by atomic mass is 9.96. The molecule has 1 amide bonds. The molecule has 0 aliphatic carbocycles. The number of aromatic nitrogens is 2. The molecule has 0 spiro atoms. The minimum Gasteiger partial charge on any atom is -0.369 e. The Morgan fingerprint density at radius 3 is 2.90 bits per heavy atom. The van der Waals surface area contributed by atoms with Crippen LogP contribution in [0.25, 0.3) is 0 Å². The first-order valence-electron chi connectivity index (χ1n) is 11.1. The lowest BCUT2D eigenvalue weighted by molar-refractivity contribution is -0.129. The van der Waals surface area contributed by atoms with E-state index >= 15 is 0 Å². The van der Waals surface area contributed by atoms with Gasteiger partial charge in [0.15, 0.2) is 0 Å². The quantitative estimate of drug-likeness (QED) is 0.825. The number of nitrogens with zero attached hydrogens (tertiary/aromatic N) is 4. The van der Waals surface area contributed by atoms with Crippen LogP contribution in [0.2, 0.25) is 0 Å². The molecule has 30 heavy (non-hydrogen) atoms. The zero-order valence-electron chi connectivity index (χ0n) is 18.4. The van der Waals surface area contributed by atoms with E-state index in [0.717, 1.165) is 62.8 Å². The number of likely N-dealkylation sites (tertiary alicyclic amines) is 1. The van der Waals surface area contributed by atoms with E-state index in [0.29, 0.717) is 12.5 Å². The van der Waals surface area contributed by atoms with Crippen LogP contribution in [0.5, 0.6) is 0 Å². The van der Waals surface area contributed by atoms with Gasteiger partial charge in [0.1, 0.15) is 11.6 Å². The molecule has 160 valence electrons. The summed E-state index contributed by atoms with van der Waals surface area (Å²) in [7, 11) is 2.17. The van der Waals surface area contributed by atoms with Crippen molar-refractivity contribution in [3.63, 3.8) is 0 Å². The molecule has 4 rings (SSSR count). The van der Waals surface area contributed by atoms with Crippen molar-refractivity contribution in [2.24, 2.45) is 0 Å². The molecule has 2 aromatic rings. The maximum Gasteiger partial charge on any atom is 0.219 e. The average molecular weight is 408 g/mol. The lowest BCUT2D eigenvalue weighted by Crippen LogP contribution is -2.36. The van der Waals surface area contributed by atoms with E-state index in [-0.39, 0.29) is 5.91 Å². The summed E-state index contributed by atoms with van der Waals surface area (Å²) in [6.07, 6.45) is 4.08. The summed E-state index contributed by atoms with van der Waals surface area (Å²) in [6, 6.07) is 8.67. The Bertz CT molecular complexity index is 912. The van der Waals surface area contributed by atoms with Crippen molar-refractivity contribution in [3.05, 3.63) is 52.5 Å². The van der Waals surface area contributed by atoms with Crippen molar-refractivity contribution in [1.29, 1.82) is 0 Å². The van der Waals surface area contributed by atoms with Crippen LogP contribution < -0.4 is 5.32 Å². The third kappa shape index (κ3) is 4.81. The van der Waals surface area contributed by atoms with Gasteiger partial charge >= 0.3 is 0 Å². The maximum atomic E-state index is 11.9. The Labute approximate surface area is 179 Å². The molecule has 0 unspecified atom stereocenters. The summed E-state index contributed by atoms with van der Waals surface area (Å²) in [5.41, 5.74) is 4.83. The molecule has 2 aliphatic rings. The van der Waals surface area contributed by atoms with Crippen LogP contribution in [-0.2, 0) is 24.2 Å². The van der Waals surface area contributed by atoms with E-state index in [1.165, 1.54) is 23.1 Å². The Hall–Kier alpha value is -2.47. The second-order valence-electron chi connectivity index (χ2n) is 8.81. The fraction of sp³-hybridized carbons (Fsp3) is 0.542. The molecule has 0 bridgehead atoms. The highest BCUT2D eigenvalue weighted by atomic mass is 16.2. The molecule has 6 nitrogen and oxygen atoms in total. The molecule has 6 heteroatoms. The normalized spacial score (nSPS) is 19.4. The first-order valence-corrected chi connectivity index (χ1v) is 11.1. The number of hydrogen-bond donors (Lipinski definition) is 1. The van der Waals surface area contributed by atoms with Crippen molar-refractivity contribution in [2.45, 2.75) is 52.0 Å². The molecule has 1 atom stereocenters. The van der Waals surface area contributed by atoms with Crippen LogP contribution in [0.3, 0.4) is 0 Å². The van der Waals surface area contributed by atoms with Gasteiger partial charge in [-0.25, -0.2) is 9.97 Å². The minimum atomic E-state index is 0.118. The number of piperidine rings is 1. The van der Waals surface area contributed by atoms with Gasteiger partial charge in [0.05, 0.1) is 12.2 Å². The molecular weight excluding hydrogens is 374 g/mol. The van der Waals surface area contributed by atoms with Crippen LogP contribution in [0, 0.1) is 6.92 Å². The monoisotopic (exact) mass is 407 g/mol. The van der Waals surface area contributed by atoms with E-state index in [1.807, 2.05) is 4.90 Å². The molecule has 1 N–H and O–H groups in total. The third-order valence-electron chi connectivity index (χ3n) is 6.31. The number of carbonyl (C=O) groups excluding carboxylic acids is 1. The van der Waals surface area contributed by atoms with Crippen LogP contribution in [-0.4, -0.2) is 58.9 Å². The largest absolute Gasteiger partial charge is 0.369 e. The van der Waals surface area contributed by atoms with Crippen LogP contribution >= 0.6 is 0 Å². The van der Waals surface area contributed by atoms with E-state index in [9.17, 15) is 4.79 Å². The van der Waals surface area contributed by atoms with Gasteiger partial charge in [-0.15, -0.1) is 0 Å².